The highest BCUT2D eigenvalue weighted by Gasteiger charge is 2.34. The summed E-state index contributed by atoms with van der Waals surface area (Å²) in [6.45, 7) is 0.325. The molecule has 176 valence electrons. The lowest BCUT2D eigenvalue weighted by molar-refractivity contribution is -0.113. The van der Waals surface area contributed by atoms with Crippen molar-refractivity contribution >= 4 is 45.1 Å². The molecule has 3 aromatic carbocycles. The molecule has 0 fully saturated rings. The number of benzene rings is 3. The van der Waals surface area contributed by atoms with Crippen LogP contribution in [0.4, 0.5) is 5.69 Å². The highest BCUT2D eigenvalue weighted by molar-refractivity contribution is 7.15. The molecule has 0 radical (unpaired) electrons. The number of rotatable bonds is 4. The Kier molecular flexibility index (Phi) is 5.47. The van der Waals surface area contributed by atoms with Crippen molar-refractivity contribution in [3.8, 4) is 0 Å². The fourth-order valence-electron chi connectivity index (χ4n) is 4.32. The zero-order chi connectivity index (χ0) is 24.8. The van der Waals surface area contributed by atoms with Crippen LogP contribution >= 0.6 is 22.9 Å². The Labute approximate surface area is 213 Å². The summed E-state index contributed by atoms with van der Waals surface area (Å²) in [4.78, 5) is 45.7. The number of fused-ring (bicyclic) bond motifs is 2. The lowest BCUT2D eigenvalue weighted by Gasteiger charge is -2.17. The van der Waals surface area contributed by atoms with E-state index in [1.54, 1.807) is 17.0 Å². The van der Waals surface area contributed by atoms with Gasteiger partial charge in [-0.3, -0.25) is 14.4 Å². The molecule has 0 saturated heterocycles. The predicted molar refractivity (Wildman–Crippen MR) is 139 cm³/mol. The second-order valence-corrected chi connectivity index (χ2v) is 9.78. The second-order valence-electron chi connectivity index (χ2n) is 8.37. The van der Waals surface area contributed by atoms with E-state index < -0.39 is 11.1 Å². The largest absolute Gasteiger partial charge is 0.303 e. The van der Waals surface area contributed by atoms with Crippen molar-refractivity contribution < 1.29 is 4.79 Å². The first-order chi connectivity index (χ1) is 17.5. The molecule has 0 aliphatic carbocycles. The summed E-state index contributed by atoms with van der Waals surface area (Å²) >= 11 is 7.01. The van der Waals surface area contributed by atoms with E-state index >= 15 is 0 Å². The Bertz CT molecular complexity index is 1810. The van der Waals surface area contributed by atoms with Gasteiger partial charge in [-0.1, -0.05) is 83.6 Å². The van der Waals surface area contributed by atoms with Gasteiger partial charge in [0.1, 0.15) is 10.2 Å². The summed E-state index contributed by atoms with van der Waals surface area (Å²) in [6.07, 6.45) is 0.257. The van der Waals surface area contributed by atoms with Crippen molar-refractivity contribution in [3.05, 3.63) is 132 Å². The number of anilines is 1. The Morgan fingerprint density at radius 3 is 2.33 bits per heavy atom. The van der Waals surface area contributed by atoms with Crippen molar-refractivity contribution in [2.45, 2.75) is 13.0 Å². The van der Waals surface area contributed by atoms with E-state index in [1.165, 1.54) is 0 Å². The Balaban J connectivity index is 1.49. The standard InChI is InChI=1S/C27H17ClN4O3S/c28-18-12-10-17(11-13-18)15-31-21-9-5-4-8-19(21)22(25(31)34)23-26(35)32-27(36-23)29-24(33)20(30-32)14-16-6-2-1-3-7-16/h1-13H,14-15H2/b23-22-. The summed E-state index contributed by atoms with van der Waals surface area (Å²) in [5.74, 6) is -0.290. The van der Waals surface area contributed by atoms with Crippen LogP contribution in [-0.4, -0.2) is 20.5 Å². The summed E-state index contributed by atoms with van der Waals surface area (Å²) in [6, 6.07) is 24.0. The lowest BCUT2D eigenvalue weighted by atomic mass is 10.1. The molecular weight excluding hydrogens is 496 g/mol. The SMILES string of the molecule is O=C1/C(=c2\sc3nc(=O)c(Cc4ccccc4)nn3c2=O)c2ccccc2N1Cc1ccc(Cl)cc1. The van der Waals surface area contributed by atoms with Crippen LogP contribution in [0.3, 0.4) is 0 Å². The Morgan fingerprint density at radius 2 is 1.56 bits per heavy atom. The normalized spacial score (nSPS) is 14.5. The number of carbonyl (C=O) groups excluding carboxylic acids is 1. The van der Waals surface area contributed by atoms with Crippen LogP contribution < -0.4 is 20.6 Å². The molecule has 9 heteroatoms. The smallest absolute Gasteiger partial charge is 0.296 e. The van der Waals surface area contributed by atoms with Gasteiger partial charge in [-0.15, -0.1) is 0 Å². The van der Waals surface area contributed by atoms with Gasteiger partial charge in [-0.05, 0) is 29.3 Å². The highest BCUT2D eigenvalue weighted by atomic mass is 35.5. The maximum absolute atomic E-state index is 13.7. The van der Waals surface area contributed by atoms with Crippen molar-refractivity contribution in [2.24, 2.45) is 0 Å². The maximum atomic E-state index is 13.7. The van der Waals surface area contributed by atoms with E-state index in [9.17, 15) is 14.4 Å². The topological polar surface area (TPSA) is 84.6 Å². The molecule has 0 spiro atoms. The van der Waals surface area contributed by atoms with Gasteiger partial charge >= 0.3 is 0 Å². The molecule has 6 rings (SSSR count). The van der Waals surface area contributed by atoms with E-state index in [0.29, 0.717) is 28.4 Å². The minimum Gasteiger partial charge on any atom is -0.303 e. The third-order valence-corrected chi connectivity index (χ3v) is 7.33. The molecule has 2 aromatic heterocycles. The predicted octanol–water partition coefficient (Wildman–Crippen LogP) is 3.22. The van der Waals surface area contributed by atoms with Crippen LogP contribution in [0, 0.1) is 0 Å². The zero-order valence-corrected chi connectivity index (χ0v) is 20.3. The molecular formula is C27H17ClN4O3S. The summed E-state index contributed by atoms with van der Waals surface area (Å²) in [7, 11) is 0. The number of hydrogen-bond donors (Lipinski definition) is 0. The zero-order valence-electron chi connectivity index (χ0n) is 18.7. The average Bonchev–Trinajstić information content (AvgIpc) is 3.34. The summed E-state index contributed by atoms with van der Waals surface area (Å²) in [5, 5.41) is 4.94. The first-order valence-corrected chi connectivity index (χ1v) is 12.4. The van der Waals surface area contributed by atoms with Crippen LogP contribution in [0.25, 0.3) is 10.5 Å². The molecule has 0 unspecified atom stereocenters. The van der Waals surface area contributed by atoms with Gasteiger partial charge in [-0.2, -0.15) is 14.6 Å². The van der Waals surface area contributed by atoms with Gasteiger partial charge in [0.2, 0.25) is 4.96 Å². The molecule has 0 saturated carbocycles. The number of aromatic nitrogens is 3. The number of carbonyl (C=O) groups is 1. The van der Waals surface area contributed by atoms with E-state index in [1.807, 2.05) is 66.7 Å². The number of thiazole rings is 1. The molecule has 0 N–H and O–H groups in total. The molecule has 1 amide bonds. The monoisotopic (exact) mass is 512 g/mol. The molecule has 3 heterocycles. The van der Waals surface area contributed by atoms with Gasteiger partial charge in [0.15, 0.2) is 0 Å². The van der Waals surface area contributed by atoms with Gasteiger partial charge in [-0.25, -0.2) is 0 Å². The third kappa shape index (κ3) is 3.80. The van der Waals surface area contributed by atoms with E-state index in [2.05, 4.69) is 10.1 Å². The number of halogens is 1. The fourth-order valence-corrected chi connectivity index (χ4v) is 5.44. The molecule has 5 aromatic rings. The Morgan fingerprint density at radius 1 is 0.833 bits per heavy atom. The van der Waals surface area contributed by atoms with Crippen molar-refractivity contribution in [3.63, 3.8) is 0 Å². The summed E-state index contributed by atoms with van der Waals surface area (Å²) < 4.78 is 1.34. The molecule has 1 aliphatic heterocycles. The van der Waals surface area contributed by atoms with Crippen molar-refractivity contribution in [1.82, 2.24) is 14.6 Å². The van der Waals surface area contributed by atoms with E-state index in [4.69, 9.17) is 11.6 Å². The first-order valence-electron chi connectivity index (χ1n) is 11.2. The molecule has 7 nitrogen and oxygen atoms in total. The van der Waals surface area contributed by atoms with E-state index in [0.717, 1.165) is 27.0 Å². The molecule has 1 aliphatic rings. The molecule has 0 atom stereocenters. The van der Waals surface area contributed by atoms with Crippen LogP contribution in [0.2, 0.25) is 5.02 Å². The van der Waals surface area contributed by atoms with Gasteiger partial charge < -0.3 is 4.90 Å². The Hall–Kier alpha value is -4.14. The lowest BCUT2D eigenvalue weighted by Crippen LogP contribution is -2.33. The number of para-hydroxylation sites is 1. The van der Waals surface area contributed by atoms with Crippen molar-refractivity contribution in [1.29, 1.82) is 0 Å². The first kappa shape index (κ1) is 22.3. The fraction of sp³-hybridized carbons (Fsp3) is 0.0741. The van der Waals surface area contributed by atoms with Crippen LogP contribution in [0.15, 0.2) is 88.5 Å². The quantitative estimate of drug-likeness (QED) is 0.369. The highest BCUT2D eigenvalue weighted by Crippen LogP contribution is 2.36. The minimum absolute atomic E-state index is 0.158. The molecule has 0 bridgehead atoms. The van der Waals surface area contributed by atoms with Crippen LogP contribution in [0.5, 0.6) is 0 Å². The van der Waals surface area contributed by atoms with Crippen molar-refractivity contribution in [2.75, 3.05) is 4.90 Å². The third-order valence-electron chi connectivity index (χ3n) is 6.04. The van der Waals surface area contributed by atoms with Crippen LogP contribution in [-0.2, 0) is 17.8 Å². The van der Waals surface area contributed by atoms with Crippen LogP contribution in [0.1, 0.15) is 22.4 Å². The minimum atomic E-state index is -0.487. The summed E-state index contributed by atoms with van der Waals surface area (Å²) in [5.41, 5.74) is 2.67. The number of hydrogen-bond acceptors (Lipinski definition) is 6. The average molecular weight is 513 g/mol. The molecule has 36 heavy (non-hydrogen) atoms. The van der Waals surface area contributed by atoms with Gasteiger partial charge in [0.25, 0.3) is 17.0 Å². The van der Waals surface area contributed by atoms with E-state index in [-0.39, 0.29) is 27.5 Å². The maximum Gasteiger partial charge on any atom is 0.296 e. The number of amides is 1. The van der Waals surface area contributed by atoms with Gasteiger partial charge in [0.05, 0.1) is 17.8 Å². The second kappa shape index (κ2) is 8.82. The number of nitrogens with zero attached hydrogens (tertiary/aromatic N) is 4. The van der Waals surface area contributed by atoms with Gasteiger partial charge in [0, 0.05) is 17.0 Å².